The first-order valence-corrected chi connectivity index (χ1v) is 7.84. The van der Waals surface area contributed by atoms with Crippen LogP contribution < -0.4 is 20.1 Å². The van der Waals surface area contributed by atoms with Crippen LogP contribution >= 0.6 is 0 Å². The molecule has 0 aromatic heterocycles. The van der Waals surface area contributed by atoms with E-state index in [-0.39, 0.29) is 12.7 Å². The van der Waals surface area contributed by atoms with Gasteiger partial charge in [-0.2, -0.15) is 0 Å². The molecule has 1 fully saturated rings. The molecule has 1 amide bonds. The third-order valence-corrected chi connectivity index (χ3v) is 4.23. The quantitative estimate of drug-likeness (QED) is 0.861. The first-order chi connectivity index (χ1) is 10.7. The molecule has 2 heterocycles. The number of ether oxygens (including phenoxy) is 2. The Labute approximate surface area is 130 Å². The van der Waals surface area contributed by atoms with Crippen molar-refractivity contribution in [2.75, 3.05) is 38.8 Å². The Bertz CT molecular complexity index is 535. The number of anilines is 1. The Kier molecular flexibility index (Phi) is 4.80. The molecule has 6 heteroatoms. The lowest BCUT2D eigenvalue weighted by molar-refractivity contribution is -0.116. The van der Waals surface area contributed by atoms with Crippen molar-refractivity contribution in [3.8, 4) is 11.5 Å². The van der Waals surface area contributed by atoms with Crippen LogP contribution in [0.15, 0.2) is 18.2 Å². The number of carbonyl (C=O) groups excluding carboxylic acids is 1. The molecule has 1 atom stereocenters. The first-order valence-electron chi connectivity index (χ1n) is 7.84. The molecular weight excluding hydrogens is 282 g/mol. The first kappa shape index (κ1) is 15.1. The molecule has 2 aliphatic rings. The Balaban J connectivity index is 1.46. The molecule has 1 unspecified atom stereocenters. The lowest BCUT2D eigenvalue weighted by Crippen LogP contribution is -2.45. The number of carbonyl (C=O) groups is 1. The lowest BCUT2D eigenvalue weighted by Gasteiger charge is -2.32. The van der Waals surface area contributed by atoms with Crippen molar-refractivity contribution < 1.29 is 14.3 Å². The van der Waals surface area contributed by atoms with Gasteiger partial charge in [-0.15, -0.1) is 0 Å². The number of fused-ring (bicyclic) bond motifs is 1. The summed E-state index contributed by atoms with van der Waals surface area (Å²) in [6.45, 7) is 3.15. The fraction of sp³-hybridized carbons (Fsp3) is 0.562. The fourth-order valence-electron chi connectivity index (χ4n) is 2.95. The lowest BCUT2D eigenvalue weighted by atomic mass is 10.1. The van der Waals surface area contributed by atoms with Gasteiger partial charge in [0.25, 0.3) is 0 Å². The van der Waals surface area contributed by atoms with Gasteiger partial charge in [-0.3, -0.25) is 4.79 Å². The molecule has 0 spiro atoms. The van der Waals surface area contributed by atoms with Crippen molar-refractivity contribution in [2.45, 2.75) is 25.3 Å². The minimum absolute atomic E-state index is 0.0328. The largest absolute Gasteiger partial charge is 0.454 e. The molecule has 1 saturated heterocycles. The van der Waals surface area contributed by atoms with Gasteiger partial charge in [0, 0.05) is 37.3 Å². The Morgan fingerprint density at radius 3 is 3.09 bits per heavy atom. The van der Waals surface area contributed by atoms with E-state index in [0.717, 1.165) is 31.1 Å². The van der Waals surface area contributed by atoms with Gasteiger partial charge in [0.15, 0.2) is 11.5 Å². The number of likely N-dealkylation sites (tertiary alicyclic amines) is 1. The molecule has 22 heavy (non-hydrogen) atoms. The van der Waals surface area contributed by atoms with Crippen LogP contribution in [0.2, 0.25) is 0 Å². The standard InChI is InChI=1S/C16H23N3O3/c1-17-13-3-2-7-19(10-13)8-6-16(20)18-12-4-5-14-15(9-12)22-11-21-14/h4-5,9,13,17H,2-3,6-8,10-11H2,1H3,(H,18,20). The predicted octanol–water partition coefficient (Wildman–Crippen LogP) is 1.43. The SMILES string of the molecule is CNC1CCCN(CCC(=O)Nc2ccc3c(c2)OCO3)C1. The third-order valence-electron chi connectivity index (χ3n) is 4.23. The van der Waals surface area contributed by atoms with E-state index in [0.29, 0.717) is 18.2 Å². The average molecular weight is 305 g/mol. The second-order valence-corrected chi connectivity index (χ2v) is 5.79. The molecule has 3 rings (SSSR count). The van der Waals surface area contributed by atoms with E-state index in [1.54, 1.807) is 6.07 Å². The van der Waals surface area contributed by atoms with Crippen LogP contribution in [-0.4, -0.2) is 50.3 Å². The van der Waals surface area contributed by atoms with E-state index >= 15 is 0 Å². The molecule has 6 nitrogen and oxygen atoms in total. The van der Waals surface area contributed by atoms with Crippen molar-refractivity contribution >= 4 is 11.6 Å². The number of likely N-dealkylation sites (N-methyl/N-ethyl adjacent to an activating group) is 1. The summed E-state index contributed by atoms with van der Waals surface area (Å²) in [5.41, 5.74) is 0.751. The number of hydrogen-bond donors (Lipinski definition) is 2. The number of rotatable bonds is 5. The van der Waals surface area contributed by atoms with E-state index < -0.39 is 0 Å². The van der Waals surface area contributed by atoms with Crippen LogP contribution in [-0.2, 0) is 4.79 Å². The molecule has 0 saturated carbocycles. The van der Waals surface area contributed by atoms with Crippen molar-refractivity contribution in [1.29, 1.82) is 0 Å². The number of benzene rings is 1. The topological polar surface area (TPSA) is 62.8 Å². The Morgan fingerprint density at radius 1 is 1.36 bits per heavy atom. The fourth-order valence-corrected chi connectivity index (χ4v) is 2.95. The molecule has 0 bridgehead atoms. The van der Waals surface area contributed by atoms with Crippen molar-refractivity contribution in [3.63, 3.8) is 0 Å². The highest BCUT2D eigenvalue weighted by molar-refractivity contribution is 5.91. The van der Waals surface area contributed by atoms with E-state index in [1.165, 1.54) is 12.8 Å². The van der Waals surface area contributed by atoms with Gasteiger partial charge in [-0.1, -0.05) is 0 Å². The number of amides is 1. The Hall–Kier alpha value is -1.79. The third kappa shape index (κ3) is 3.69. The number of piperidine rings is 1. The zero-order valence-corrected chi connectivity index (χ0v) is 12.9. The molecule has 0 radical (unpaired) electrons. The van der Waals surface area contributed by atoms with Crippen LogP contribution in [0.3, 0.4) is 0 Å². The zero-order valence-electron chi connectivity index (χ0n) is 12.9. The summed E-state index contributed by atoms with van der Waals surface area (Å²) in [5.74, 6) is 1.44. The second-order valence-electron chi connectivity index (χ2n) is 5.79. The summed E-state index contributed by atoms with van der Waals surface area (Å²) < 4.78 is 10.6. The summed E-state index contributed by atoms with van der Waals surface area (Å²) >= 11 is 0. The maximum absolute atomic E-state index is 12.1. The van der Waals surface area contributed by atoms with E-state index in [4.69, 9.17) is 9.47 Å². The van der Waals surface area contributed by atoms with Gasteiger partial charge in [-0.05, 0) is 38.6 Å². The highest BCUT2D eigenvalue weighted by atomic mass is 16.7. The van der Waals surface area contributed by atoms with E-state index in [9.17, 15) is 4.79 Å². The van der Waals surface area contributed by atoms with Crippen LogP contribution in [0, 0.1) is 0 Å². The number of nitrogens with zero attached hydrogens (tertiary/aromatic N) is 1. The van der Waals surface area contributed by atoms with Crippen molar-refractivity contribution in [3.05, 3.63) is 18.2 Å². The predicted molar refractivity (Wildman–Crippen MR) is 84.3 cm³/mol. The summed E-state index contributed by atoms with van der Waals surface area (Å²) in [4.78, 5) is 14.4. The Morgan fingerprint density at radius 2 is 2.23 bits per heavy atom. The molecule has 120 valence electrons. The molecular formula is C16H23N3O3. The van der Waals surface area contributed by atoms with Gasteiger partial charge < -0.3 is 25.0 Å². The van der Waals surface area contributed by atoms with Crippen LogP contribution in [0.4, 0.5) is 5.69 Å². The summed E-state index contributed by atoms with van der Waals surface area (Å²) in [7, 11) is 2.00. The highest BCUT2D eigenvalue weighted by Crippen LogP contribution is 2.34. The number of nitrogens with one attached hydrogen (secondary N) is 2. The van der Waals surface area contributed by atoms with Crippen LogP contribution in [0.5, 0.6) is 11.5 Å². The smallest absolute Gasteiger partial charge is 0.231 e. The normalized spacial score (nSPS) is 20.9. The minimum atomic E-state index is 0.0328. The maximum Gasteiger partial charge on any atom is 0.231 e. The van der Waals surface area contributed by atoms with Gasteiger partial charge in [0.05, 0.1) is 0 Å². The second kappa shape index (κ2) is 6.98. The van der Waals surface area contributed by atoms with Crippen molar-refractivity contribution in [1.82, 2.24) is 10.2 Å². The number of hydrogen-bond acceptors (Lipinski definition) is 5. The van der Waals surface area contributed by atoms with Gasteiger partial charge in [0.1, 0.15) is 0 Å². The van der Waals surface area contributed by atoms with Crippen LogP contribution in [0.1, 0.15) is 19.3 Å². The summed E-state index contributed by atoms with van der Waals surface area (Å²) in [5, 5.41) is 6.24. The molecule has 2 N–H and O–H groups in total. The van der Waals surface area contributed by atoms with E-state index in [1.807, 2.05) is 19.2 Å². The zero-order chi connectivity index (χ0) is 15.4. The summed E-state index contributed by atoms with van der Waals surface area (Å²) in [6, 6.07) is 6.01. The van der Waals surface area contributed by atoms with Crippen molar-refractivity contribution in [2.24, 2.45) is 0 Å². The molecule has 0 aliphatic carbocycles. The molecule has 1 aromatic carbocycles. The highest BCUT2D eigenvalue weighted by Gasteiger charge is 2.19. The average Bonchev–Trinajstić information content (AvgIpc) is 3.01. The van der Waals surface area contributed by atoms with Gasteiger partial charge in [-0.25, -0.2) is 0 Å². The van der Waals surface area contributed by atoms with Gasteiger partial charge in [0.2, 0.25) is 12.7 Å². The molecule has 2 aliphatic heterocycles. The minimum Gasteiger partial charge on any atom is -0.454 e. The van der Waals surface area contributed by atoms with Gasteiger partial charge >= 0.3 is 0 Å². The van der Waals surface area contributed by atoms with E-state index in [2.05, 4.69) is 15.5 Å². The maximum atomic E-state index is 12.1. The molecule has 1 aromatic rings. The summed E-state index contributed by atoms with van der Waals surface area (Å²) in [6.07, 6.45) is 2.91. The monoisotopic (exact) mass is 305 g/mol. The van der Waals surface area contributed by atoms with Crippen LogP contribution in [0.25, 0.3) is 0 Å².